The second-order valence-corrected chi connectivity index (χ2v) is 5.83. The van der Waals surface area contributed by atoms with Gasteiger partial charge in [-0.15, -0.1) is 11.8 Å². The van der Waals surface area contributed by atoms with Crippen molar-refractivity contribution in [2.24, 2.45) is 5.73 Å². The molecule has 0 amide bonds. The van der Waals surface area contributed by atoms with E-state index in [-0.39, 0.29) is 11.4 Å². The lowest BCUT2D eigenvalue weighted by atomic mass is 10.2. The topological polar surface area (TPSA) is 46.2 Å². The summed E-state index contributed by atoms with van der Waals surface area (Å²) in [5, 5.41) is 9.59. The predicted molar refractivity (Wildman–Crippen MR) is 69.0 cm³/mol. The lowest BCUT2D eigenvalue weighted by Crippen LogP contribution is -2.14. The Hall–Kier alpha value is -0.0300. The van der Waals surface area contributed by atoms with E-state index < -0.39 is 0 Å². The largest absolute Gasteiger partial charge is 0.392 e. The van der Waals surface area contributed by atoms with Crippen molar-refractivity contribution in [1.82, 2.24) is 0 Å². The number of aliphatic hydroxyl groups is 1. The van der Waals surface area contributed by atoms with Gasteiger partial charge < -0.3 is 10.8 Å². The molecule has 0 spiro atoms. The summed E-state index contributed by atoms with van der Waals surface area (Å²) in [5.41, 5.74) is 6.67. The molecule has 84 valence electrons. The van der Waals surface area contributed by atoms with Crippen LogP contribution in [-0.4, -0.2) is 16.5 Å². The standard InChI is InChI=1S/C11H16BrNOS/c1-7(14)8(2)15-10-4-3-9(6-13)11(12)5-10/h3-5,7-8,14H,6,13H2,1-2H3. The number of halogens is 1. The normalized spacial score (nSPS) is 15.0. The van der Waals surface area contributed by atoms with Gasteiger partial charge in [-0.3, -0.25) is 0 Å². The summed E-state index contributed by atoms with van der Waals surface area (Å²) < 4.78 is 1.03. The number of nitrogens with two attached hydrogens (primary N) is 1. The number of aliphatic hydroxyl groups excluding tert-OH is 1. The van der Waals surface area contributed by atoms with Crippen LogP contribution in [0.2, 0.25) is 0 Å². The Morgan fingerprint density at radius 1 is 1.47 bits per heavy atom. The van der Waals surface area contributed by atoms with Crippen LogP contribution in [0.4, 0.5) is 0 Å². The maximum Gasteiger partial charge on any atom is 0.0631 e. The zero-order valence-electron chi connectivity index (χ0n) is 8.90. The van der Waals surface area contributed by atoms with Crippen molar-refractivity contribution < 1.29 is 5.11 Å². The molecular weight excluding hydrogens is 274 g/mol. The van der Waals surface area contributed by atoms with Crippen LogP contribution in [-0.2, 0) is 6.54 Å². The Morgan fingerprint density at radius 2 is 2.13 bits per heavy atom. The van der Waals surface area contributed by atoms with Crippen LogP contribution in [0.25, 0.3) is 0 Å². The molecule has 1 aromatic rings. The van der Waals surface area contributed by atoms with Gasteiger partial charge in [0.15, 0.2) is 0 Å². The van der Waals surface area contributed by atoms with Gasteiger partial charge in [0.25, 0.3) is 0 Å². The van der Waals surface area contributed by atoms with Crippen LogP contribution in [0.3, 0.4) is 0 Å². The molecule has 2 nitrogen and oxygen atoms in total. The van der Waals surface area contributed by atoms with Gasteiger partial charge in [0.05, 0.1) is 6.10 Å². The summed E-state index contributed by atoms with van der Waals surface area (Å²) in [7, 11) is 0. The average molecular weight is 290 g/mol. The first-order chi connectivity index (χ1) is 7.04. The van der Waals surface area contributed by atoms with E-state index in [1.165, 1.54) is 0 Å². The predicted octanol–water partition coefficient (Wildman–Crippen LogP) is 2.77. The molecule has 0 bridgehead atoms. The van der Waals surface area contributed by atoms with Gasteiger partial charge in [-0.05, 0) is 24.6 Å². The first kappa shape index (κ1) is 13.0. The highest BCUT2D eigenvalue weighted by atomic mass is 79.9. The fraction of sp³-hybridized carbons (Fsp3) is 0.455. The first-order valence-electron chi connectivity index (χ1n) is 4.87. The van der Waals surface area contributed by atoms with Crippen LogP contribution >= 0.6 is 27.7 Å². The van der Waals surface area contributed by atoms with Crippen LogP contribution in [0.5, 0.6) is 0 Å². The summed E-state index contributed by atoms with van der Waals surface area (Å²) >= 11 is 5.14. The zero-order chi connectivity index (χ0) is 11.4. The maximum absolute atomic E-state index is 9.40. The molecular formula is C11H16BrNOS. The second-order valence-electron chi connectivity index (χ2n) is 3.52. The molecule has 3 N–H and O–H groups in total. The third kappa shape index (κ3) is 3.79. The van der Waals surface area contributed by atoms with Gasteiger partial charge in [0.1, 0.15) is 0 Å². The number of benzene rings is 1. The molecule has 2 unspecified atom stereocenters. The highest BCUT2D eigenvalue weighted by molar-refractivity contribution is 9.10. The molecule has 4 heteroatoms. The monoisotopic (exact) mass is 289 g/mol. The molecule has 0 saturated heterocycles. The lowest BCUT2D eigenvalue weighted by molar-refractivity contribution is 0.196. The fourth-order valence-electron chi connectivity index (χ4n) is 1.08. The number of thioether (sulfide) groups is 1. The summed E-state index contributed by atoms with van der Waals surface area (Å²) in [4.78, 5) is 1.15. The molecule has 0 aliphatic heterocycles. The van der Waals surface area contributed by atoms with Gasteiger partial charge in [-0.25, -0.2) is 0 Å². The van der Waals surface area contributed by atoms with Crippen molar-refractivity contribution in [3.63, 3.8) is 0 Å². The van der Waals surface area contributed by atoms with Crippen LogP contribution in [0.15, 0.2) is 27.6 Å². The van der Waals surface area contributed by atoms with Crippen molar-refractivity contribution >= 4 is 27.7 Å². The average Bonchev–Trinajstić information content (AvgIpc) is 2.18. The van der Waals surface area contributed by atoms with E-state index in [2.05, 4.69) is 15.9 Å². The minimum absolute atomic E-state index is 0.195. The molecule has 0 radical (unpaired) electrons. The number of hydrogen-bond donors (Lipinski definition) is 2. The van der Waals surface area contributed by atoms with E-state index >= 15 is 0 Å². The maximum atomic E-state index is 9.40. The highest BCUT2D eigenvalue weighted by Gasteiger charge is 2.10. The Morgan fingerprint density at radius 3 is 2.60 bits per heavy atom. The quantitative estimate of drug-likeness (QED) is 0.838. The smallest absolute Gasteiger partial charge is 0.0631 e. The number of hydrogen-bond acceptors (Lipinski definition) is 3. The van der Waals surface area contributed by atoms with E-state index in [0.717, 1.165) is 14.9 Å². The van der Waals surface area contributed by atoms with Crippen LogP contribution < -0.4 is 5.73 Å². The van der Waals surface area contributed by atoms with Crippen molar-refractivity contribution in [1.29, 1.82) is 0 Å². The molecule has 0 saturated carbocycles. The summed E-state index contributed by atoms with van der Waals surface area (Å²) in [6.07, 6.45) is -0.303. The minimum atomic E-state index is -0.303. The van der Waals surface area contributed by atoms with E-state index in [4.69, 9.17) is 5.73 Å². The van der Waals surface area contributed by atoms with Crippen molar-refractivity contribution in [3.05, 3.63) is 28.2 Å². The molecule has 1 rings (SSSR count). The van der Waals surface area contributed by atoms with Crippen molar-refractivity contribution in [2.75, 3.05) is 0 Å². The highest BCUT2D eigenvalue weighted by Crippen LogP contribution is 2.29. The number of rotatable bonds is 4. The zero-order valence-corrected chi connectivity index (χ0v) is 11.3. The summed E-state index contributed by atoms with van der Waals surface area (Å²) in [6, 6.07) is 6.10. The SMILES string of the molecule is CC(O)C(C)Sc1ccc(CN)c(Br)c1. The first-order valence-corrected chi connectivity index (χ1v) is 6.55. The van der Waals surface area contributed by atoms with E-state index in [0.29, 0.717) is 6.54 Å². The molecule has 0 aliphatic rings. The van der Waals surface area contributed by atoms with Crippen molar-refractivity contribution in [3.8, 4) is 0 Å². The Bertz CT molecular complexity index is 330. The van der Waals surface area contributed by atoms with Gasteiger partial charge >= 0.3 is 0 Å². The third-order valence-corrected chi connectivity index (χ3v) is 4.28. The lowest BCUT2D eigenvalue weighted by Gasteiger charge is -2.14. The second kappa shape index (κ2) is 5.89. The van der Waals surface area contributed by atoms with Gasteiger partial charge in [0, 0.05) is 21.2 Å². The van der Waals surface area contributed by atoms with Crippen LogP contribution in [0.1, 0.15) is 19.4 Å². The van der Waals surface area contributed by atoms with Crippen LogP contribution in [0, 0.1) is 0 Å². The molecule has 0 fully saturated rings. The fourth-order valence-corrected chi connectivity index (χ4v) is 2.73. The third-order valence-electron chi connectivity index (χ3n) is 2.25. The van der Waals surface area contributed by atoms with Gasteiger partial charge in [-0.2, -0.15) is 0 Å². The van der Waals surface area contributed by atoms with Crippen molar-refractivity contribution in [2.45, 2.75) is 36.6 Å². The molecule has 0 aliphatic carbocycles. The van der Waals surface area contributed by atoms with E-state index in [9.17, 15) is 5.11 Å². The molecule has 0 heterocycles. The minimum Gasteiger partial charge on any atom is -0.392 e. The van der Waals surface area contributed by atoms with Gasteiger partial charge in [0.2, 0.25) is 0 Å². The summed E-state index contributed by atoms with van der Waals surface area (Å²) in [5.74, 6) is 0. The van der Waals surface area contributed by atoms with Gasteiger partial charge in [-0.1, -0.05) is 28.9 Å². The Labute approximate surface area is 103 Å². The Kier molecular flexibility index (Phi) is 5.12. The summed E-state index contributed by atoms with van der Waals surface area (Å²) in [6.45, 7) is 4.36. The van der Waals surface area contributed by atoms with E-state index in [1.54, 1.807) is 18.7 Å². The Balaban J connectivity index is 2.75. The van der Waals surface area contributed by atoms with E-state index in [1.807, 2.05) is 25.1 Å². The molecule has 0 aromatic heterocycles. The molecule has 2 atom stereocenters. The molecule has 1 aromatic carbocycles. The molecule has 15 heavy (non-hydrogen) atoms.